The molecule has 1 heterocycles. The van der Waals surface area contributed by atoms with Gasteiger partial charge in [0.05, 0.1) is 5.69 Å². The molecular formula is C10H8BrNO2. The molecule has 0 spiro atoms. The summed E-state index contributed by atoms with van der Waals surface area (Å²) < 4.78 is 0.788. The van der Waals surface area contributed by atoms with Crippen LogP contribution in [-0.4, -0.2) is 17.2 Å². The summed E-state index contributed by atoms with van der Waals surface area (Å²) in [7, 11) is 0. The molecule has 72 valence electrons. The summed E-state index contributed by atoms with van der Waals surface area (Å²) in [6, 6.07) is 7.28. The number of rotatable bonds is 1. The van der Waals surface area contributed by atoms with Gasteiger partial charge in [0, 0.05) is 10.5 Å². The molecule has 4 heteroatoms. The Morgan fingerprint density at radius 2 is 2.07 bits per heavy atom. The van der Waals surface area contributed by atoms with Crippen LogP contribution in [0.2, 0.25) is 0 Å². The van der Waals surface area contributed by atoms with E-state index in [2.05, 4.69) is 15.9 Å². The molecular weight excluding hydrogens is 246 g/mol. The summed E-state index contributed by atoms with van der Waals surface area (Å²) in [4.78, 5) is 12.7. The first-order valence-corrected chi connectivity index (χ1v) is 4.93. The Morgan fingerprint density at radius 1 is 1.36 bits per heavy atom. The second-order valence-electron chi connectivity index (χ2n) is 2.93. The number of carbonyl (C=O) groups excluding carboxylic acids is 1. The fraction of sp³-hybridized carbons (Fsp3) is 0.100. The lowest BCUT2D eigenvalue weighted by Gasteiger charge is -2.21. The fourth-order valence-electron chi connectivity index (χ4n) is 1.37. The third-order valence-corrected chi connectivity index (χ3v) is 2.70. The number of aliphatic hydroxyl groups excluding tert-OH is 1. The quantitative estimate of drug-likeness (QED) is 0.828. The van der Waals surface area contributed by atoms with Crippen LogP contribution in [0.4, 0.5) is 5.69 Å². The number of hydrogen-bond donors (Lipinski definition) is 1. The predicted molar refractivity (Wildman–Crippen MR) is 56.8 cm³/mol. The van der Waals surface area contributed by atoms with Crippen LogP contribution in [0.1, 0.15) is 0 Å². The average Bonchev–Trinajstić information content (AvgIpc) is 2.48. The lowest BCUT2D eigenvalue weighted by molar-refractivity contribution is -0.114. The lowest BCUT2D eigenvalue weighted by Crippen LogP contribution is -2.33. The minimum atomic E-state index is -0.860. The van der Waals surface area contributed by atoms with Gasteiger partial charge in [-0.15, -0.1) is 0 Å². The van der Waals surface area contributed by atoms with Crippen LogP contribution in [0.5, 0.6) is 0 Å². The van der Waals surface area contributed by atoms with Gasteiger partial charge in [0.1, 0.15) is 0 Å². The Hall–Kier alpha value is -1.13. The number of anilines is 1. The molecule has 1 N–H and O–H groups in total. The normalized spacial score (nSPS) is 20.6. The van der Waals surface area contributed by atoms with Crippen molar-refractivity contribution in [3.05, 3.63) is 40.9 Å². The third-order valence-electron chi connectivity index (χ3n) is 2.02. The van der Waals surface area contributed by atoms with E-state index in [4.69, 9.17) is 0 Å². The molecule has 0 radical (unpaired) electrons. The number of halogens is 1. The monoisotopic (exact) mass is 253 g/mol. The van der Waals surface area contributed by atoms with Crippen molar-refractivity contribution in [3.8, 4) is 0 Å². The summed E-state index contributed by atoms with van der Waals surface area (Å²) in [6.45, 7) is 0. The molecule has 1 aliphatic rings. The molecule has 0 aliphatic carbocycles. The van der Waals surface area contributed by atoms with E-state index in [1.807, 2.05) is 18.2 Å². The second-order valence-corrected chi connectivity index (χ2v) is 3.79. The third kappa shape index (κ3) is 1.47. The molecule has 1 atom stereocenters. The highest BCUT2D eigenvalue weighted by Crippen LogP contribution is 2.29. The van der Waals surface area contributed by atoms with Crippen molar-refractivity contribution in [1.82, 2.24) is 0 Å². The van der Waals surface area contributed by atoms with E-state index in [9.17, 15) is 9.90 Å². The molecule has 0 aromatic heterocycles. The predicted octanol–water partition coefficient (Wildman–Crippen LogP) is 1.67. The van der Waals surface area contributed by atoms with Gasteiger partial charge in [-0.1, -0.05) is 12.1 Å². The Balaban J connectivity index is 2.41. The minimum Gasteiger partial charge on any atom is -0.369 e. The largest absolute Gasteiger partial charge is 0.369 e. The fourth-order valence-corrected chi connectivity index (χ4v) is 1.85. The molecule has 1 aliphatic heterocycles. The molecule has 0 bridgehead atoms. The van der Waals surface area contributed by atoms with Gasteiger partial charge in [-0.05, 0) is 34.1 Å². The van der Waals surface area contributed by atoms with Gasteiger partial charge in [-0.2, -0.15) is 0 Å². The van der Waals surface area contributed by atoms with Gasteiger partial charge in [-0.3, -0.25) is 9.69 Å². The van der Waals surface area contributed by atoms with E-state index in [-0.39, 0.29) is 5.91 Å². The standard InChI is InChI=1S/C10H8BrNO2/c11-7-3-1-2-4-8(7)12-9(13)5-6-10(12)14/h1-6,9,13H. The van der Waals surface area contributed by atoms with E-state index in [0.29, 0.717) is 5.69 Å². The number of aliphatic hydroxyl groups is 1. The van der Waals surface area contributed by atoms with Gasteiger partial charge in [0.2, 0.25) is 0 Å². The van der Waals surface area contributed by atoms with E-state index >= 15 is 0 Å². The highest BCUT2D eigenvalue weighted by Gasteiger charge is 2.26. The smallest absolute Gasteiger partial charge is 0.253 e. The topological polar surface area (TPSA) is 40.5 Å². The second kappa shape index (κ2) is 3.55. The number of para-hydroxylation sites is 1. The molecule has 1 aromatic rings. The lowest BCUT2D eigenvalue weighted by atomic mass is 10.3. The van der Waals surface area contributed by atoms with Crippen molar-refractivity contribution < 1.29 is 9.90 Å². The SMILES string of the molecule is O=C1C=CC(O)N1c1ccccc1Br. The van der Waals surface area contributed by atoms with Gasteiger partial charge >= 0.3 is 0 Å². The Kier molecular flexibility index (Phi) is 2.39. The zero-order chi connectivity index (χ0) is 10.1. The summed E-state index contributed by atoms with van der Waals surface area (Å²) in [5.74, 6) is -0.204. The molecule has 14 heavy (non-hydrogen) atoms. The molecule has 1 amide bonds. The minimum absolute atomic E-state index is 0.204. The number of hydrogen-bond acceptors (Lipinski definition) is 2. The molecule has 0 saturated carbocycles. The average molecular weight is 254 g/mol. The van der Waals surface area contributed by atoms with Gasteiger partial charge in [-0.25, -0.2) is 0 Å². The van der Waals surface area contributed by atoms with E-state index in [1.165, 1.54) is 17.1 Å². The van der Waals surface area contributed by atoms with Gasteiger partial charge in [0.15, 0.2) is 6.23 Å². The van der Waals surface area contributed by atoms with Crippen molar-refractivity contribution in [2.75, 3.05) is 4.90 Å². The Labute approximate surface area is 89.8 Å². The van der Waals surface area contributed by atoms with Crippen molar-refractivity contribution >= 4 is 27.5 Å². The maximum absolute atomic E-state index is 11.4. The van der Waals surface area contributed by atoms with Crippen molar-refractivity contribution in [3.63, 3.8) is 0 Å². The van der Waals surface area contributed by atoms with Crippen molar-refractivity contribution in [2.24, 2.45) is 0 Å². The maximum Gasteiger partial charge on any atom is 0.253 e. The zero-order valence-electron chi connectivity index (χ0n) is 7.22. The van der Waals surface area contributed by atoms with Crippen LogP contribution in [0.3, 0.4) is 0 Å². The van der Waals surface area contributed by atoms with Crippen LogP contribution >= 0.6 is 15.9 Å². The van der Waals surface area contributed by atoms with E-state index < -0.39 is 6.23 Å². The first-order valence-electron chi connectivity index (χ1n) is 4.14. The molecule has 3 nitrogen and oxygen atoms in total. The van der Waals surface area contributed by atoms with Crippen molar-refractivity contribution in [2.45, 2.75) is 6.23 Å². The van der Waals surface area contributed by atoms with E-state index in [0.717, 1.165) is 4.47 Å². The van der Waals surface area contributed by atoms with Crippen LogP contribution < -0.4 is 4.90 Å². The summed E-state index contributed by atoms with van der Waals surface area (Å²) in [5, 5.41) is 9.53. The van der Waals surface area contributed by atoms with Crippen LogP contribution in [-0.2, 0) is 4.79 Å². The van der Waals surface area contributed by atoms with Crippen LogP contribution in [0.25, 0.3) is 0 Å². The highest BCUT2D eigenvalue weighted by atomic mass is 79.9. The molecule has 2 rings (SSSR count). The highest BCUT2D eigenvalue weighted by molar-refractivity contribution is 9.10. The van der Waals surface area contributed by atoms with E-state index in [1.54, 1.807) is 6.07 Å². The molecule has 1 aromatic carbocycles. The Bertz CT molecular complexity index is 403. The number of carbonyl (C=O) groups is 1. The number of nitrogens with zero attached hydrogens (tertiary/aromatic N) is 1. The first kappa shape index (κ1) is 9.43. The maximum atomic E-state index is 11.4. The molecule has 0 saturated heterocycles. The van der Waals surface area contributed by atoms with Crippen LogP contribution in [0.15, 0.2) is 40.9 Å². The summed E-state index contributed by atoms with van der Waals surface area (Å²) in [5.41, 5.74) is 0.676. The zero-order valence-corrected chi connectivity index (χ0v) is 8.81. The first-order chi connectivity index (χ1) is 6.70. The summed E-state index contributed by atoms with van der Waals surface area (Å²) >= 11 is 3.33. The summed E-state index contributed by atoms with van der Waals surface area (Å²) in [6.07, 6.45) is 1.97. The number of benzene rings is 1. The van der Waals surface area contributed by atoms with Gasteiger partial charge < -0.3 is 5.11 Å². The van der Waals surface area contributed by atoms with Crippen molar-refractivity contribution in [1.29, 1.82) is 0 Å². The Morgan fingerprint density at radius 3 is 2.64 bits per heavy atom. The number of amides is 1. The molecule has 0 fully saturated rings. The van der Waals surface area contributed by atoms with Crippen LogP contribution in [0, 0.1) is 0 Å². The molecule has 1 unspecified atom stereocenters. The van der Waals surface area contributed by atoms with Gasteiger partial charge in [0.25, 0.3) is 5.91 Å².